The molecule has 2 aromatic carbocycles. The number of fused-ring (bicyclic) bond motifs is 1. The molecule has 0 spiro atoms. The van der Waals surface area contributed by atoms with Crippen molar-refractivity contribution in [1.29, 1.82) is 0 Å². The minimum Gasteiger partial charge on any atom is -0.342 e. The number of benzene rings is 2. The molecule has 0 aliphatic rings. The Morgan fingerprint density at radius 3 is 2.86 bits per heavy atom. The zero-order chi connectivity index (χ0) is 15.0. The van der Waals surface area contributed by atoms with Crippen LogP contribution in [0.1, 0.15) is 21.7 Å². The number of hydrogen-bond acceptors (Lipinski definition) is 2. The van der Waals surface area contributed by atoms with Crippen molar-refractivity contribution in [2.24, 2.45) is 0 Å². The highest BCUT2D eigenvalue weighted by molar-refractivity contribution is 9.10. The lowest BCUT2D eigenvalue weighted by atomic mass is 10.1. The number of nitrogens with zero attached hydrogens (tertiary/aromatic N) is 1. The Kier molecular flexibility index (Phi) is 3.51. The van der Waals surface area contributed by atoms with Gasteiger partial charge in [0.15, 0.2) is 0 Å². The number of halogens is 1. The fourth-order valence-electron chi connectivity index (χ4n) is 2.24. The van der Waals surface area contributed by atoms with E-state index < -0.39 is 0 Å². The number of nitrogens with one attached hydrogen (secondary N) is 2. The van der Waals surface area contributed by atoms with Gasteiger partial charge in [0, 0.05) is 10.2 Å². The van der Waals surface area contributed by atoms with E-state index in [-0.39, 0.29) is 5.91 Å². The molecule has 3 aromatic rings. The van der Waals surface area contributed by atoms with Crippen molar-refractivity contribution >= 4 is 38.6 Å². The fraction of sp³-hybridized carbons (Fsp3) is 0.125. The van der Waals surface area contributed by atoms with Gasteiger partial charge in [0.05, 0.1) is 16.6 Å². The summed E-state index contributed by atoms with van der Waals surface area (Å²) in [4.78, 5) is 19.9. The van der Waals surface area contributed by atoms with Crippen molar-refractivity contribution in [1.82, 2.24) is 9.97 Å². The van der Waals surface area contributed by atoms with E-state index in [4.69, 9.17) is 0 Å². The maximum Gasteiger partial charge on any atom is 0.256 e. The van der Waals surface area contributed by atoms with Gasteiger partial charge in [-0.3, -0.25) is 4.79 Å². The van der Waals surface area contributed by atoms with Gasteiger partial charge < -0.3 is 10.3 Å². The van der Waals surface area contributed by atoms with Crippen LogP contribution in [0.25, 0.3) is 11.0 Å². The molecular formula is C16H14BrN3O. The van der Waals surface area contributed by atoms with Crippen LogP contribution < -0.4 is 5.32 Å². The second-order valence-electron chi connectivity index (χ2n) is 4.94. The van der Waals surface area contributed by atoms with Gasteiger partial charge in [-0.2, -0.15) is 0 Å². The van der Waals surface area contributed by atoms with Crippen molar-refractivity contribution in [3.8, 4) is 0 Å². The third-order valence-electron chi connectivity index (χ3n) is 3.29. The Hall–Kier alpha value is -2.14. The number of aryl methyl sites for hydroxylation is 2. The first-order valence-electron chi connectivity index (χ1n) is 6.57. The maximum atomic E-state index is 12.4. The molecule has 0 aliphatic heterocycles. The van der Waals surface area contributed by atoms with E-state index in [9.17, 15) is 4.79 Å². The Morgan fingerprint density at radius 2 is 2.05 bits per heavy atom. The average molecular weight is 344 g/mol. The number of carbonyl (C=O) groups is 1. The van der Waals surface area contributed by atoms with Crippen molar-refractivity contribution in [3.05, 3.63) is 57.8 Å². The summed E-state index contributed by atoms with van der Waals surface area (Å²) in [6, 6.07) is 11.3. The van der Waals surface area contributed by atoms with E-state index in [1.54, 1.807) is 6.07 Å². The number of hydrogen-bond donors (Lipinski definition) is 2. The summed E-state index contributed by atoms with van der Waals surface area (Å²) < 4.78 is 0.820. The number of amides is 1. The molecule has 4 nitrogen and oxygen atoms in total. The molecular weight excluding hydrogens is 330 g/mol. The molecule has 106 valence electrons. The Labute approximate surface area is 130 Å². The number of aromatic amines is 1. The summed E-state index contributed by atoms with van der Waals surface area (Å²) in [7, 11) is 0. The number of imidazole rings is 1. The molecule has 1 heterocycles. The van der Waals surface area contributed by atoms with Crippen LogP contribution in [0.5, 0.6) is 0 Å². The third kappa shape index (κ3) is 2.69. The highest BCUT2D eigenvalue weighted by atomic mass is 79.9. The van der Waals surface area contributed by atoms with Crippen LogP contribution in [0.15, 0.2) is 40.9 Å². The molecule has 0 bridgehead atoms. The van der Waals surface area contributed by atoms with Crippen LogP contribution in [-0.2, 0) is 0 Å². The van der Waals surface area contributed by atoms with Gasteiger partial charge in [-0.05, 0) is 59.6 Å². The smallest absolute Gasteiger partial charge is 0.256 e. The zero-order valence-corrected chi connectivity index (χ0v) is 13.3. The van der Waals surface area contributed by atoms with E-state index >= 15 is 0 Å². The van der Waals surface area contributed by atoms with Crippen LogP contribution in [-0.4, -0.2) is 15.9 Å². The fourth-order valence-corrected chi connectivity index (χ4v) is 2.68. The molecule has 0 unspecified atom stereocenters. The van der Waals surface area contributed by atoms with E-state index in [1.165, 1.54) is 0 Å². The van der Waals surface area contributed by atoms with E-state index in [0.717, 1.165) is 32.6 Å². The summed E-state index contributed by atoms with van der Waals surface area (Å²) >= 11 is 3.46. The number of rotatable bonds is 2. The lowest BCUT2D eigenvalue weighted by Gasteiger charge is -2.08. The quantitative estimate of drug-likeness (QED) is 0.732. The van der Waals surface area contributed by atoms with Crippen LogP contribution >= 0.6 is 15.9 Å². The van der Waals surface area contributed by atoms with Crippen LogP contribution in [0.3, 0.4) is 0 Å². The van der Waals surface area contributed by atoms with E-state index in [0.29, 0.717) is 5.56 Å². The summed E-state index contributed by atoms with van der Waals surface area (Å²) in [5.41, 5.74) is 4.19. The summed E-state index contributed by atoms with van der Waals surface area (Å²) in [5, 5.41) is 2.91. The van der Waals surface area contributed by atoms with E-state index in [2.05, 4.69) is 31.2 Å². The lowest BCUT2D eigenvalue weighted by Crippen LogP contribution is -2.12. The second-order valence-corrected chi connectivity index (χ2v) is 5.74. The molecule has 0 radical (unpaired) electrons. The standard InChI is InChI=1S/C16H14BrN3O/c1-9-4-3-5-12(15(9)17)16(21)20-11-6-7-13-14(8-11)19-10(2)18-13/h3-8H,1-2H3,(H,18,19)(H,20,21). The van der Waals surface area contributed by atoms with Gasteiger partial charge in [-0.1, -0.05) is 12.1 Å². The first-order chi connectivity index (χ1) is 10.0. The van der Waals surface area contributed by atoms with Crippen molar-refractivity contribution in [2.45, 2.75) is 13.8 Å². The number of aromatic nitrogens is 2. The molecule has 0 fully saturated rings. The van der Waals surface area contributed by atoms with Gasteiger partial charge >= 0.3 is 0 Å². The maximum absolute atomic E-state index is 12.4. The van der Waals surface area contributed by atoms with Crippen LogP contribution in [0.2, 0.25) is 0 Å². The molecule has 2 N–H and O–H groups in total. The normalized spacial score (nSPS) is 10.8. The Morgan fingerprint density at radius 1 is 1.24 bits per heavy atom. The van der Waals surface area contributed by atoms with E-state index in [1.807, 2.05) is 44.2 Å². The average Bonchev–Trinajstić information content (AvgIpc) is 2.81. The topological polar surface area (TPSA) is 57.8 Å². The largest absolute Gasteiger partial charge is 0.342 e. The zero-order valence-electron chi connectivity index (χ0n) is 11.7. The summed E-state index contributed by atoms with van der Waals surface area (Å²) in [6.07, 6.45) is 0. The van der Waals surface area contributed by atoms with Gasteiger partial charge in [0.25, 0.3) is 5.91 Å². The number of anilines is 1. The van der Waals surface area contributed by atoms with Gasteiger partial charge in [-0.15, -0.1) is 0 Å². The second kappa shape index (κ2) is 5.33. The molecule has 1 aromatic heterocycles. The van der Waals surface area contributed by atoms with Crippen LogP contribution in [0, 0.1) is 13.8 Å². The summed E-state index contributed by atoms with van der Waals surface area (Å²) in [6.45, 7) is 3.86. The molecule has 0 aliphatic carbocycles. The highest BCUT2D eigenvalue weighted by Crippen LogP contribution is 2.23. The molecule has 0 atom stereocenters. The Bertz CT molecular complexity index is 839. The molecule has 0 saturated carbocycles. The predicted octanol–water partition coefficient (Wildman–Crippen LogP) is 4.19. The molecule has 3 rings (SSSR count). The minimum atomic E-state index is -0.138. The number of carbonyl (C=O) groups excluding carboxylic acids is 1. The van der Waals surface area contributed by atoms with Gasteiger partial charge in [-0.25, -0.2) is 4.98 Å². The highest BCUT2D eigenvalue weighted by Gasteiger charge is 2.12. The monoisotopic (exact) mass is 343 g/mol. The first kappa shape index (κ1) is 13.8. The van der Waals surface area contributed by atoms with Gasteiger partial charge in [0.1, 0.15) is 5.82 Å². The van der Waals surface area contributed by atoms with Crippen molar-refractivity contribution in [2.75, 3.05) is 5.32 Å². The third-order valence-corrected chi connectivity index (χ3v) is 4.35. The number of H-pyrrole nitrogens is 1. The van der Waals surface area contributed by atoms with Crippen molar-refractivity contribution < 1.29 is 4.79 Å². The Balaban J connectivity index is 1.90. The predicted molar refractivity (Wildman–Crippen MR) is 87.7 cm³/mol. The molecule has 0 saturated heterocycles. The molecule has 5 heteroatoms. The van der Waals surface area contributed by atoms with Gasteiger partial charge in [0.2, 0.25) is 0 Å². The summed E-state index contributed by atoms with van der Waals surface area (Å²) in [5.74, 6) is 0.719. The van der Waals surface area contributed by atoms with Crippen LogP contribution in [0.4, 0.5) is 5.69 Å². The minimum absolute atomic E-state index is 0.138. The molecule has 1 amide bonds. The first-order valence-corrected chi connectivity index (χ1v) is 7.37. The van der Waals surface area contributed by atoms with Crippen molar-refractivity contribution in [3.63, 3.8) is 0 Å². The SMILES string of the molecule is Cc1nc2ccc(NC(=O)c3cccc(C)c3Br)cc2[nH]1. The molecule has 21 heavy (non-hydrogen) atoms. The lowest BCUT2D eigenvalue weighted by molar-refractivity contribution is 0.102.